The van der Waals surface area contributed by atoms with Crippen molar-refractivity contribution in [3.8, 4) is 0 Å². The third-order valence-corrected chi connectivity index (χ3v) is 5.42. The van der Waals surface area contributed by atoms with Gasteiger partial charge in [-0.15, -0.1) is 11.3 Å². The van der Waals surface area contributed by atoms with E-state index >= 15 is 0 Å². The van der Waals surface area contributed by atoms with Gasteiger partial charge in [0.15, 0.2) is 0 Å². The summed E-state index contributed by atoms with van der Waals surface area (Å²) in [4.78, 5) is 3.79. The Bertz CT molecular complexity index is 575. The van der Waals surface area contributed by atoms with Crippen LogP contribution in [0.5, 0.6) is 0 Å². The summed E-state index contributed by atoms with van der Waals surface area (Å²) in [5.74, 6) is 0. The van der Waals surface area contributed by atoms with Crippen LogP contribution in [0.1, 0.15) is 23.3 Å². The van der Waals surface area contributed by atoms with E-state index < -0.39 is 0 Å². The molecule has 1 fully saturated rings. The Morgan fingerprint density at radius 3 is 2.80 bits per heavy atom. The average Bonchev–Trinajstić information content (AvgIpc) is 2.86. The van der Waals surface area contributed by atoms with Gasteiger partial charge in [-0.05, 0) is 36.9 Å². The van der Waals surface area contributed by atoms with Crippen LogP contribution in [0.3, 0.4) is 0 Å². The molecule has 3 nitrogen and oxygen atoms in total. The second-order valence-corrected chi connectivity index (χ2v) is 6.60. The van der Waals surface area contributed by atoms with Gasteiger partial charge >= 0.3 is 0 Å². The molecule has 0 aliphatic carbocycles. The molecule has 4 heteroatoms. The van der Waals surface area contributed by atoms with Gasteiger partial charge in [0.1, 0.15) is 0 Å². The predicted octanol–water partition coefficient (Wildman–Crippen LogP) is 2.97. The molecule has 0 saturated carbocycles. The van der Waals surface area contributed by atoms with Gasteiger partial charge in [0.05, 0.1) is 0 Å². The molecule has 0 bridgehead atoms. The molecule has 2 N–H and O–H groups in total. The largest absolute Gasteiger partial charge is 0.381 e. The summed E-state index contributed by atoms with van der Waals surface area (Å²) in [7, 11) is 2.22. The smallest absolute Gasteiger partial charge is 0.0480 e. The number of ether oxygens (including phenoxy) is 1. The molecule has 1 aliphatic rings. The molecule has 1 saturated heterocycles. The number of nitrogens with two attached hydrogens (primary N) is 1. The van der Waals surface area contributed by atoms with Gasteiger partial charge in [0.2, 0.25) is 0 Å². The lowest BCUT2D eigenvalue weighted by molar-refractivity contribution is 0.0408. The van der Waals surface area contributed by atoms with E-state index in [-0.39, 0.29) is 0 Å². The van der Waals surface area contributed by atoms with Gasteiger partial charge in [-0.3, -0.25) is 4.90 Å². The number of nitrogens with zero attached hydrogens (tertiary/aromatic N) is 1. The molecule has 1 aromatic heterocycles. The molecule has 2 aromatic rings. The number of fused-ring (bicyclic) bond motifs is 1. The standard InChI is InChI=1S/C16H22N2OS/c1-18(12-6-8-19-9-7-12)11-14-13-4-2-3-5-15(13)20-16(14)10-17/h2-5,12H,6-11,17H2,1H3. The molecule has 1 aromatic carbocycles. The Kier molecular flexibility index (Phi) is 4.36. The minimum atomic E-state index is 0.632. The highest BCUT2D eigenvalue weighted by molar-refractivity contribution is 7.19. The van der Waals surface area contributed by atoms with E-state index in [1.165, 1.54) is 20.5 Å². The maximum Gasteiger partial charge on any atom is 0.0480 e. The van der Waals surface area contributed by atoms with Crippen LogP contribution in [0.25, 0.3) is 10.1 Å². The van der Waals surface area contributed by atoms with Crippen LogP contribution in [0.4, 0.5) is 0 Å². The first-order valence-corrected chi connectivity index (χ1v) is 8.08. The predicted molar refractivity (Wildman–Crippen MR) is 85.0 cm³/mol. The van der Waals surface area contributed by atoms with Crippen molar-refractivity contribution >= 4 is 21.4 Å². The summed E-state index contributed by atoms with van der Waals surface area (Å²) < 4.78 is 6.81. The monoisotopic (exact) mass is 290 g/mol. The Morgan fingerprint density at radius 1 is 1.30 bits per heavy atom. The average molecular weight is 290 g/mol. The van der Waals surface area contributed by atoms with Gasteiger partial charge in [-0.25, -0.2) is 0 Å². The molecular formula is C16H22N2OS. The Morgan fingerprint density at radius 2 is 2.05 bits per heavy atom. The first-order chi connectivity index (χ1) is 9.79. The molecule has 108 valence electrons. The van der Waals surface area contributed by atoms with Gasteiger partial charge in [-0.1, -0.05) is 18.2 Å². The molecule has 0 atom stereocenters. The molecule has 0 spiro atoms. The van der Waals surface area contributed by atoms with Crippen molar-refractivity contribution < 1.29 is 4.74 Å². The summed E-state index contributed by atoms with van der Waals surface area (Å²) >= 11 is 1.84. The first kappa shape index (κ1) is 14.0. The Balaban J connectivity index is 1.85. The first-order valence-electron chi connectivity index (χ1n) is 7.27. The lowest BCUT2D eigenvalue weighted by atomic mass is 10.1. The second-order valence-electron chi connectivity index (χ2n) is 5.46. The molecule has 20 heavy (non-hydrogen) atoms. The highest BCUT2D eigenvalue weighted by Gasteiger charge is 2.20. The van der Waals surface area contributed by atoms with E-state index in [0.717, 1.165) is 32.6 Å². The Hall–Kier alpha value is -0.940. The molecule has 0 radical (unpaired) electrons. The van der Waals surface area contributed by atoms with E-state index in [1.807, 2.05) is 11.3 Å². The lowest BCUT2D eigenvalue weighted by Gasteiger charge is -2.31. The van der Waals surface area contributed by atoms with Gasteiger partial charge < -0.3 is 10.5 Å². The van der Waals surface area contributed by atoms with Gasteiger partial charge in [0, 0.05) is 41.9 Å². The summed E-state index contributed by atoms with van der Waals surface area (Å²) in [6, 6.07) is 9.27. The fourth-order valence-corrected chi connectivity index (χ4v) is 4.09. The van der Waals surface area contributed by atoms with Crippen molar-refractivity contribution in [2.75, 3.05) is 20.3 Å². The van der Waals surface area contributed by atoms with E-state index in [0.29, 0.717) is 12.6 Å². The van der Waals surface area contributed by atoms with Crippen molar-refractivity contribution in [2.24, 2.45) is 5.73 Å². The van der Waals surface area contributed by atoms with Crippen LogP contribution >= 0.6 is 11.3 Å². The van der Waals surface area contributed by atoms with Crippen molar-refractivity contribution in [3.63, 3.8) is 0 Å². The van der Waals surface area contributed by atoms with Gasteiger partial charge in [0.25, 0.3) is 0 Å². The van der Waals surface area contributed by atoms with Crippen LogP contribution in [0.15, 0.2) is 24.3 Å². The van der Waals surface area contributed by atoms with E-state index in [4.69, 9.17) is 10.5 Å². The topological polar surface area (TPSA) is 38.5 Å². The van der Waals surface area contributed by atoms with Crippen molar-refractivity contribution in [3.05, 3.63) is 34.7 Å². The van der Waals surface area contributed by atoms with E-state index in [2.05, 4.69) is 36.2 Å². The van der Waals surface area contributed by atoms with Crippen LogP contribution in [0.2, 0.25) is 0 Å². The van der Waals surface area contributed by atoms with Crippen molar-refractivity contribution in [1.82, 2.24) is 4.90 Å². The fraction of sp³-hybridized carbons (Fsp3) is 0.500. The quantitative estimate of drug-likeness (QED) is 0.941. The number of benzene rings is 1. The van der Waals surface area contributed by atoms with Crippen molar-refractivity contribution in [2.45, 2.75) is 32.0 Å². The van der Waals surface area contributed by atoms with Gasteiger partial charge in [-0.2, -0.15) is 0 Å². The summed E-state index contributed by atoms with van der Waals surface area (Å²) in [6.07, 6.45) is 2.27. The lowest BCUT2D eigenvalue weighted by Crippen LogP contribution is -2.36. The fourth-order valence-electron chi connectivity index (χ4n) is 2.99. The summed E-state index contributed by atoms with van der Waals surface area (Å²) in [6.45, 7) is 3.41. The molecule has 0 amide bonds. The summed E-state index contributed by atoms with van der Waals surface area (Å²) in [5.41, 5.74) is 7.36. The number of rotatable bonds is 4. The van der Waals surface area contributed by atoms with Crippen LogP contribution in [-0.4, -0.2) is 31.2 Å². The molecular weight excluding hydrogens is 268 g/mol. The second kappa shape index (κ2) is 6.22. The number of thiophene rings is 1. The van der Waals surface area contributed by atoms with Crippen LogP contribution < -0.4 is 5.73 Å². The SMILES string of the molecule is CN(Cc1c(CN)sc2ccccc12)C1CCOCC1. The van der Waals surface area contributed by atoms with Crippen LogP contribution in [0, 0.1) is 0 Å². The van der Waals surface area contributed by atoms with Crippen molar-refractivity contribution in [1.29, 1.82) is 0 Å². The minimum Gasteiger partial charge on any atom is -0.381 e. The number of hydrogen-bond donors (Lipinski definition) is 1. The maximum absolute atomic E-state index is 5.94. The van der Waals surface area contributed by atoms with E-state index in [1.54, 1.807) is 0 Å². The molecule has 1 aliphatic heterocycles. The van der Waals surface area contributed by atoms with Crippen LogP contribution in [-0.2, 0) is 17.8 Å². The normalized spacial score (nSPS) is 17.1. The third-order valence-electron chi connectivity index (χ3n) is 4.19. The number of hydrogen-bond acceptors (Lipinski definition) is 4. The Labute approximate surface area is 124 Å². The zero-order valence-corrected chi connectivity index (χ0v) is 12.8. The van der Waals surface area contributed by atoms with E-state index in [9.17, 15) is 0 Å². The minimum absolute atomic E-state index is 0.632. The summed E-state index contributed by atoms with van der Waals surface area (Å²) in [5, 5.41) is 1.37. The third kappa shape index (κ3) is 2.74. The molecule has 3 rings (SSSR count). The highest BCUT2D eigenvalue weighted by Crippen LogP contribution is 2.32. The highest BCUT2D eigenvalue weighted by atomic mass is 32.1. The maximum atomic E-state index is 5.94. The zero-order chi connectivity index (χ0) is 13.9. The zero-order valence-electron chi connectivity index (χ0n) is 12.0. The molecule has 0 unspecified atom stereocenters. The molecule has 2 heterocycles.